The van der Waals surface area contributed by atoms with E-state index in [0.29, 0.717) is 52.3 Å². The fraction of sp³-hybridized carbons (Fsp3) is 0.276. The molecular weight excluding hydrogens is 506 g/mol. The van der Waals surface area contributed by atoms with Crippen LogP contribution in [0.2, 0.25) is 5.02 Å². The summed E-state index contributed by atoms with van der Waals surface area (Å²) in [7, 11) is 0. The van der Waals surface area contributed by atoms with Crippen molar-refractivity contribution in [1.82, 2.24) is 15.3 Å². The Kier molecular flexibility index (Phi) is 7.24. The van der Waals surface area contributed by atoms with E-state index in [9.17, 15) is 4.79 Å². The summed E-state index contributed by atoms with van der Waals surface area (Å²) >= 11 is 5.99. The van der Waals surface area contributed by atoms with Gasteiger partial charge in [-0.25, -0.2) is 9.97 Å². The second-order valence-corrected chi connectivity index (χ2v) is 10.0. The number of nitrogens with one attached hydrogen (secondary N) is 1. The molecular formula is C29H28ClN3O5. The molecule has 1 amide bonds. The maximum Gasteiger partial charge on any atom is 0.260 e. The zero-order chi connectivity index (χ0) is 26.7. The second kappa shape index (κ2) is 10.8. The van der Waals surface area contributed by atoms with Crippen LogP contribution in [-0.4, -0.2) is 40.7 Å². The molecule has 1 aliphatic heterocycles. The van der Waals surface area contributed by atoms with Gasteiger partial charge in [0.2, 0.25) is 5.88 Å². The predicted octanol–water partition coefficient (Wildman–Crippen LogP) is 5.75. The van der Waals surface area contributed by atoms with Gasteiger partial charge >= 0.3 is 0 Å². The van der Waals surface area contributed by atoms with Gasteiger partial charge in [-0.1, -0.05) is 23.7 Å². The summed E-state index contributed by atoms with van der Waals surface area (Å²) in [5, 5.41) is 3.44. The highest BCUT2D eigenvalue weighted by Gasteiger charge is 2.32. The Bertz CT molecular complexity index is 1460. The lowest BCUT2D eigenvalue weighted by atomic mass is 10.0. The van der Waals surface area contributed by atoms with Gasteiger partial charge in [0.05, 0.1) is 23.8 Å². The lowest BCUT2D eigenvalue weighted by Gasteiger charge is -2.18. The van der Waals surface area contributed by atoms with Crippen LogP contribution in [0.15, 0.2) is 66.9 Å². The highest BCUT2D eigenvalue weighted by atomic mass is 35.5. The molecule has 0 fully saturated rings. The average molecular weight is 534 g/mol. The average Bonchev–Trinajstić information content (AvgIpc) is 3.22. The predicted molar refractivity (Wildman–Crippen MR) is 145 cm³/mol. The fourth-order valence-corrected chi connectivity index (χ4v) is 4.33. The van der Waals surface area contributed by atoms with Crippen LogP contribution in [-0.2, 0) is 11.2 Å². The van der Waals surface area contributed by atoms with Gasteiger partial charge in [-0.2, -0.15) is 0 Å². The van der Waals surface area contributed by atoms with E-state index in [-0.39, 0.29) is 11.5 Å². The van der Waals surface area contributed by atoms with Gasteiger partial charge in [0.15, 0.2) is 17.6 Å². The summed E-state index contributed by atoms with van der Waals surface area (Å²) in [5.74, 6) is 2.69. The number of carbonyl (C=O) groups excluding carboxylic acids is 1. The first-order chi connectivity index (χ1) is 18.3. The van der Waals surface area contributed by atoms with E-state index in [4.69, 9.17) is 30.5 Å². The summed E-state index contributed by atoms with van der Waals surface area (Å²) < 4.78 is 23.5. The van der Waals surface area contributed by atoms with E-state index in [2.05, 4.69) is 29.1 Å². The molecule has 38 heavy (non-hydrogen) atoms. The van der Waals surface area contributed by atoms with Crippen molar-refractivity contribution in [2.75, 3.05) is 13.2 Å². The number of carbonyl (C=O) groups is 1. The van der Waals surface area contributed by atoms with E-state index in [1.54, 1.807) is 49.4 Å². The monoisotopic (exact) mass is 533 g/mol. The van der Waals surface area contributed by atoms with Crippen LogP contribution < -0.4 is 24.3 Å². The Balaban J connectivity index is 1.08. The molecule has 0 saturated carbocycles. The minimum Gasteiger partial charge on any atom is -0.488 e. The molecule has 2 heterocycles. The third-order valence-corrected chi connectivity index (χ3v) is 6.16. The quantitative estimate of drug-likeness (QED) is 0.274. The van der Waals surface area contributed by atoms with Gasteiger partial charge < -0.3 is 24.3 Å². The van der Waals surface area contributed by atoms with Crippen LogP contribution in [0.5, 0.6) is 28.9 Å². The van der Waals surface area contributed by atoms with Crippen LogP contribution in [0.25, 0.3) is 11.0 Å². The Morgan fingerprint density at radius 3 is 2.71 bits per heavy atom. The number of halogens is 1. The Labute approximate surface area is 225 Å². The van der Waals surface area contributed by atoms with Crippen molar-refractivity contribution in [3.8, 4) is 28.9 Å². The zero-order valence-corrected chi connectivity index (χ0v) is 22.1. The van der Waals surface area contributed by atoms with Crippen LogP contribution in [0.4, 0.5) is 0 Å². The summed E-state index contributed by atoms with van der Waals surface area (Å²) in [6, 6.07) is 18.1. The molecule has 1 unspecified atom stereocenters. The number of amides is 1. The first-order valence-electron chi connectivity index (χ1n) is 12.3. The lowest BCUT2D eigenvalue weighted by molar-refractivity contribution is -0.127. The molecule has 1 N–H and O–H groups in total. The molecule has 9 heteroatoms. The second-order valence-electron chi connectivity index (χ2n) is 9.60. The zero-order valence-electron chi connectivity index (χ0n) is 21.4. The van der Waals surface area contributed by atoms with Gasteiger partial charge in [-0.05, 0) is 69.3 Å². The van der Waals surface area contributed by atoms with Gasteiger partial charge in [0.25, 0.3) is 5.91 Å². The number of hydrogen-bond donors (Lipinski definition) is 1. The smallest absolute Gasteiger partial charge is 0.260 e. The number of para-hydroxylation sites is 1. The summed E-state index contributed by atoms with van der Waals surface area (Å²) in [4.78, 5) is 21.3. The summed E-state index contributed by atoms with van der Waals surface area (Å²) in [5.41, 5.74) is 2.26. The van der Waals surface area contributed by atoms with E-state index in [0.717, 1.165) is 17.7 Å². The number of benzene rings is 3. The van der Waals surface area contributed by atoms with Crippen molar-refractivity contribution in [1.29, 1.82) is 0 Å². The molecule has 4 aromatic rings. The molecule has 1 aliphatic rings. The third-order valence-electron chi connectivity index (χ3n) is 5.92. The van der Waals surface area contributed by atoms with Crippen molar-refractivity contribution in [3.05, 3.63) is 77.4 Å². The number of fused-ring (bicyclic) bond motifs is 2. The maximum atomic E-state index is 12.5. The molecule has 196 valence electrons. The van der Waals surface area contributed by atoms with Crippen LogP contribution >= 0.6 is 11.6 Å². The Morgan fingerprint density at radius 1 is 1.11 bits per heavy atom. The van der Waals surface area contributed by atoms with Crippen molar-refractivity contribution >= 4 is 28.5 Å². The normalized spacial score (nSPS) is 14.3. The molecule has 0 radical (unpaired) electrons. The van der Waals surface area contributed by atoms with E-state index >= 15 is 0 Å². The van der Waals surface area contributed by atoms with E-state index in [1.165, 1.54) is 6.20 Å². The molecule has 0 saturated heterocycles. The lowest BCUT2D eigenvalue weighted by Crippen LogP contribution is -2.38. The first kappa shape index (κ1) is 25.6. The van der Waals surface area contributed by atoms with Crippen LogP contribution in [0, 0.1) is 0 Å². The number of ether oxygens (including phenoxy) is 4. The fourth-order valence-electron chi connectivity index (χ4n) is 4.16. The van der Waals surface area contributed by atoms with Gasteiger partial charge in [-0.3, -0.25) is 4.79 Å². The largest absolute Gasteiger partial charge is 0.488 e. The van der Waals surface area contributed by atoms with Crippen molar-refractivity contribution in [3.63, 3.8) is 0 Å². The third kappa shape index (κ3) is 6.08. The van der Waals surface area contributed by atoms with E-state index in [1.807, 2.05) is 18.2 Å². The Hall–Kier alpha value is -4.04. The van der Waals surface area contributed by atoms with Gasteiger partial charge in [0, 0.05) is 17.0 Å². The number of aromatic nitrogens is 2. The van der Waals surface area contributed by atoms with E-state index < -0.39 is 6.10 Å². The van der Waals surface area contributed by atoms with Gasteiger partial charge in [-0.15, -0.1) is 0 Å². The van der Waals surface area contributed by atoms with Crippen molar-refractivity contribution in [2.45, 2.75) is 38.9 Å². The standard InChI is InChI=1S/C29H28ClN3O5/c1-18(28(34)31-13-14-35-25-6-4-5-19-16-29(2,3)38-27(19)25)36-21-8-10-22(11-9-21)37-26-17-32-24-15-20(30)7-12-23(24)33-26/h4-12,15,17-18H,13-14,16H2,1-3H3,(H,31,34). The molecule has 3 aromatic carbocycles. The maximum absolute atomic E-state index is 12.5. The summed E-state index contributed by atoms with van der Waals surface area (Å²) in [6.45, 7) is 6.45. The minimum absolute atomic E-state index is 0.240. The number of hydrogen-bond acceptors (Lipinski definition) is 7. The molecule has 1 aromatic heterocycles. The molecule has 0 aliphatic carbocycles. The SMILES string of the molecule is CC(Oc1ccc(Oc2cnc3cc(Cl)ccc3n2)cc1)C(=O)NCCOc1cccc2c1OC(C)(C)C2. The number of nitrogens with zero attached hydrogens (tertiary/aromatic N) is 2. The highest BCUT2D eigenvalue weighted by Crippen LogP contribution is 2.41. The molecule has 5 rings (SSSR count). The molecule has 1 atom stereocenters. The topological polar surface area (TPSA) is 91.8 Å². The summed E-state index contributed by atoms with van der Waals surface area (Å²) in [6.07, 6.45) is 1.69. The van der Waals surface area contributed by atoms with Gasteiger partial charge in [0.1, 0.15) is 23.7 Å². The minimum atomic E-state index is -0.690. The molecule has 8 nitrogen and oxygen atoms in total. The molecule has 0 bridgehead atoms. The van der Waals surface area contributed by atoms with Crippen molar-refractivity contribution in [2.24, 2.45) is 0 Å². The number of rotatable bonds is 9. The molecule has 0 spiro atoms. The first-order valence-corrected chi connectivity index (χ1v) is 12.7. The van der Waals surface area contributed by atoms with Crippen LogP contribution in [0.1, 0.15) is 26.3 Å². The van der Waals surface area contributed by atoms with Crippen LogP contribution in [0.3, 0.4) is 0 Å². The highest BCUT2D eigenvalue weighted by molar-refractivity contribution is 6.31. The Morgan fingerprint density at radius 2 is 1.89 bits per heavy atom. The van der Waals surface area contributed by atoms with Crippen molar-refractivity contribution < 1.29 is 23.7 Å².